The van der Waals surface area contributed by atoms with E-state index in [1.165, 1.54) is 25.3 Å². The quantitative estimate of drug-likeness (QED) is 0.698. The first-order valence-corrected chi connectivity index (χ1v) is 7.87. The number of methoxy groups -OCH3 is 1. The maximum atomic E-state index is 13.6. The SMILES string of the molecule is COc1ccc(/C=C/C(=O)N[C@@H](C)c2cc3ccccc3o2)cc1F. The largest absolute Gasteiger partial charge is 0.494 e. The minimum Gasteiger partial charge on any atom is -0.494 e. The first-order chi connectivity index (χ1) is 12.1. The summed E-state index contributed by atoms with van der Waals surface area (Å²) in [7, 11) is 1.40. The molecule has 1 aromatic heterocycles. The fourth-order valence-corrected chi connectivity index (χ4v) is 2.51. The predicted octanol–water partition coefficient (Wildman–Crippen LogP) is 4.47. The third-order valence-corrected chi connectivity index (χ3v) is 3.83. The van der Waals surface area contributed by atoms with Crippen LogP contribution in [0.1, 0.15) is 24.3 Å². The van der Waals surface area contributed by atoms with Crippen molar-refractivity contribution in [3.05, 3.63) is 71.7 Å². The summed E-state index contributed by atoms with van der Waals surface area (Å²) in [5.41, 5.74) is 1.35. The molecule has 0 fully saturated rings. The average molecular weight is 339 g/mol. The van der Waals surface area contributed by atoms with E-state index in [-0.39, 0.29) is 17.7 Å². The fraction of sp³-hybridized carbons (Fsp3) is 0.150. The van der Waals surface area contributed by atoms with E-state index in [0.29, 0.717) is 11.3 Å². The molecule has 1 amide bonds. The highest BCUT2D eigenvalue weighted by molar-refractivity contribution is 5.92. The summed E-state index contributed by atoms with van der Waals surface area (Å²) in [5.74, 6) is 0.0865. The summed E-state index contributed by atoms with van der Waals surface area (Å²) in [4.78, 5) is 12.1. The number of carbonyl (C=O) groups excluding carboxylic acids is 1. The van der Waals surface area contributed by atoms with Crippen LogP contribution < -0.4 is 10.1 Å². The molecule has 5 heteroatoms. The van der Waals surface area contributed by atoms with Crippen molar-refractivity contribution in [2.24, 2.45) is 0 Å². The van der Waals surface area contributed by atoms with Crippen LogP contribution in [0.3, 0.4) is 0 Å². The van der Waals surface area contributed by atoms with Gasteiger partial charge in [0.25, 0.3) is 0 Å². The highest BCUT2D eigenvalue weighted by atomic mass is 19.1. The lowest BCUT2D eigenvalue weighted by molar-refractivity contribution is -0.117. The van der Waals surface area contributed by atoms with E-state index >= 15 is 0 Å². The predicted molar refractivity (Wildman–Crippen MR) is 94.8 cm³/mol. The van der Waals surface area contributed by atoms with Gasteiger partial charge in [-0.05, 0) is 42.8 Å². The van der Waals surface area contributed by atoms with Gasteiger partial charge in [-0.2, -0.15) is 0 Å². The second-order valence-corrected chi connectivity index (χ2v) is 5.64. The van der Waals surface area contributed by atoms with Crippen molar-refractivity contribution in [2.45, 2.75) is 13.0 Å². The Balaban J connectivity index is 1.66. The maximum Gasteiger partial charge on any atom is 0.244 e. The lowest BCUT2D eigenvalue weighted by Crippen LogP contribution is -2.24. The summed E-state index contributed by atoms with van der Waals surface area (Å²) >= 11 is 0. The van der Waals surface area contributed by atoms with E-state index in [1.807, 2.05) is 37.3 Å². The molecule has 4 nitrogen and oxygen atoms in total. The number of ether oxygens (including phenoxy) is 1. The molecular weight excluding hydrogens is 321 g/mol. The second kappa shape index (κ2) is 7.21. The minimum absolute atomic E-state index is 0.167. The van der Waals surface area contributed by atoms with Gasteiger partial charge in [0.15, 0.2) is 11.6 Å². The van der Waals surface area contributed by atoms with Gasteiger partial charge in [0.05, 0.1) is 13.2 Å². The number of amides is 1. The molecule has 2 aromatic carbocycles. The van der Waals surface area contributed by atoms with E-state index in [2.05, 4.69) is 5.32 Å². The molecule has 0 unspecified atom stereocenters. The van der Waals surface area contributed by atoms with Gasteiger partial charge in [0.2, 0.25) is 5.91 Å². The Labute approximate surface area is 144 Å². The molecular formula is C20H18FNO3. The highest BCUT2D eigenvalue weighted by Gasteiger charge is 2.12. The smallest absolute Gasteiger partial charge is 0.244 e. The van der Waals surface area contributed by atoms with Crippen molar-refractivity contribution >= 4 is 23.0 Å². The van der Waals surface area contributed by atoms with Crippen LogP contribution in [0.25, 0.3) is 17.0 Å². The van der Waals surface area contributed by atoms with Crippen LogP contribution in [-0.2, 0) is 4.79 Å². The van der Waals surface area contributed by atoms with E-state index in [0.717, 1.165) is 11.0 Å². The Morgan fingerprint density at radius 2 is 2.04 bits per heavy atom. The standard InChI is InChI=1S/C20H18FNO3/c1-13(19-12-15-5-3-4-6-17(15)25-19)22-20(23)10-8-14-7-9-18(24-2)16(21)11-14/h3-13H,1-2H3,(H,22,23)/b10-8+/t13-/m0/s1. The van der Waals surface area contributed by atoms with E-state index in [9.17, 15) is 9.18 Å². The third-order valence-electron chi connectivity index (χ3n) is 3.83. The van der Waals surface area contributed by atoms with Gasteiger partial charge in [-0.3, -0.25) is 4.79 Å². The zero-order valence-corrected chi connectivity index (χ0v) is 14.0. The molecule has 0 saturated carbocycles. The van der Waals surface area contributed by atoms with Crippen molar-refractivity contribution in [3.63, 3.8) is 0 Å². The van der Waals surface area contributed by atoms with Crippen molar-refractivity contribution in [3.8, 4) is 5.75 Å². The highest BCUT2D eigenvalue weighted by Crippen LogP contribution is 2.23. The third kappa shape index (κ3) is 3.88. The van der Waals surface area contributed by atoms with Gasteiger partial charge in [0, 0.05) is 11.5 Å². The molecule has 0 bridgehead atoms. The van der Waals surface area contributed by atoms with Crippen LogP contribution in [0, 0.1) is 5.82 Å². The van der Waals surface area contributed by atoms with Crippen molar-refractivity contribution < 1.29 is 18.3 Å². The Morgan fingerprint density at radius 3 is 2.76 bits per heavy atom. The molecule has 3 rings (SSSR count). The van der Waals surface area contributed by atoms with E-state index in [1.54, 1.807) is 12.1 Å². The molecule has 128 valence electrons. The topological polar surface area (TPSA) is 51.5 Å². The number of fused-ring (bicyclic) bond motifs is 1. The minimum atomic E-state index is -0.472. The number of halogens is 1. The monoisotopic (exact) mass is 339 g/mol. The summed E-state index contributed by atoms with van der Waals surface area (Å²) in [6.07, 6.45) is 2.91. The molecule has 0 aliphatic carbocycles. The lowest BCUT2D eigenvalue weighted by atomic mass is 10.2. The van der Waals surface area contributed by atoms with Gasteiger partial charge < -0.3 is 14.5 Å². The Kier molecular flexibility index (Phi) is 4.84. The fourth-order valence-electron chi connectivity index (χ4n) is 2.51. The van der Waals surface area contributed by atoms with Crippen LogP contribution in [0.2, 0.25) is 0 Å². The van der Waals surface area contributed by atoms with Crippen LogP contribution in [0.15, 0.2) is 59.0 Å². The number of benzene rings is 2. The first kappa shape index (κ1) is 16.8. The van der Waals surface area contributed by atoms with Crippen LogP contribution in [-0.4, -0.2) is 13.0 Å². The van der Waals surface area contributed by atoms with Gasteiger partial charge in [-0.15, -0.1) is 0 Å². The second-order valence-electron chi connectivity index (χ2n) is 5.64. The Hall–Kier alpha value is -3.08. The first-order valence-electron chi connectivity index (χ1n) is 7.87. The normalized spacial score (nSPS) is 12.4. The van der Waals surface area contributed by atoms with E-state index in [4.69, 9.17) is 9.15 Å². The van der Waals surface area contributed by atoms with Crippen molar-refractivity contribution in [1.82, 2.24) is 5.32 Å². The molecule has 1 atom stereocenters. The molecule has 1 N–H and O–H groups in total. The number of hydrogen-bond donors (Lipinski definition) is 1. The van der Waals surface area contributed by atoms with Crippen molar-refractivity contribution in [2.75, 3.05) is 7.11 Å². The van der Waals surface area contributed by atoms with Gasteiger partial charge in [-0.25, -0.2) is 4.39 Å². The summed E-state index contributed by atoms with van der Waals surface area (Å²) in [6, 6.07) is 13.8. The molecule has 0 spiro atoms. The van der Waals surface area contributed by atoms with Crippen molar-refractivity contribution in [1.29, 1.82) is 0 Å². The number of rotatable bonds is 5. The molecule has 0 saturated heterocycles. The summed E-state index contributed by atoms with van der Waals surface area (Å²) < 4.78 is 24.2. The number of nitrogens with one attached hydrogen (secondary N) is 1. The molecule has 0 aliphatic rings. The lowest BCUT2D eigenvalue weighted by Gasteiger charge is -2.09. The number of carbonyl (C=O) groups is 1. The van der Waals surface area contributed by atoms with Gasteiger partial charge >= 0.3 is 0 Å². The van der Waals surface area contributed by atoms with Gasteiger partial charge in [-0.1, -0.05) is 24.3 Å². The Morgan fingerprint density at radius 1 is 1.24 bits per heavy atom. The van der Waals surface area contributed by atoms with Gasteiger partial charge in [0.1, 0.15) is 11.3 Å². The molecule has 3 aromatic rings. The molecule has 25 heavy (non-hydrogen) atoms. The van der Waals surface area contributed by atoms with Crippen LogP contribution in [0.5, 0.6) is 5.75 Å². The number of furan rings is 1. The van der Waals surface area contributed by atoms with Crippen LogP contribution >= 0.6 is 0 Å². The zero-order chi connectivity index (χ0) is 17.8. The van der Waals surface area contributed by atoms with E-state index < -0.39 is 5.82 Å². The maximum absolute atomic E-state index is 13.6. The Bertz CT molecular complexity index is 897. The molecule has 0 radical (unpaired) electrons. The summed E-state index contributed by atoms with van der Waals surface area (Å²) in [6.45, 7) is 1.84. The molecule has 1 heterocycles. The van der Waals surface area contributed by atoms with Crippen LogP contribution in [0.4, 0.5) is 4.39 Å². The number of para-hydroxylation sites is 1. The zero-order valence-electron chi connectivity index (χ0n) is 14.0. The molecule has 0 aliphatic heterocycles. The average Bonchev–Trinajstić information content (AvgIpc) is 3.04. The number of hydrogen-bond acceptors (Lipinski definition) is 3. The summed E-state index contributed by atoms with van der Waals surface area (Å²) in [5, 5.41) is 3.82.